The lowest BCUT2D eigenvalue weighted by molar-refractivity contribution is 0.0950. The van der Waals surface area contributed by atoms with Crippen LogP contribution in [0.1, 0.15) is 21.7 Å². The summed E-state index contributed by atoms with van der Waals surface area (Å²) in [5, 5.41) is 10.5. The van der Waals surface area contributed by atoms with E-state index in [1.165, 1.54) is 6.21 Å². The molecule has 0 fully saturated rings. The van der Waals surface area contributed by atoms with E-state index in [1.54, 1.807) is 18.2 Å². The average Bonchev–Trinajstić information content (AvgIpc) is 3.07. The van der Waals surface area contributed by atoms with Crippen molar-refractivity contribution in [3.05, 3.63) is 39.6 Å². The number of hydrogen-bond donors (Lipinski definition) is 2. The number of amides is 1. The molecule has 0 aliphatic carbocycles. The molecule has 0 spiro atoms. The molecule has 0 bridgehead atoms. The van der Waals surface area contributed by atoms with E-state index in [9.17, 15) is 4.79 Å². The average molecular weight is 351 g/mol. The quantitative estimate of drug-likeness (QED) is 0.654. The van der Waals surface area contributed by atoms with Gasteiger partial charge in [-0.3, -0.25) is 9.89 Å². The van der Waals surface area contributed by atoms with Crippen LogP contribution >= 0.6 is 15.9 Å². The van der Waals surface area contributed by atoms with Gasteiger partial charge in [0.1, 0.15) is 0 Å². The number of rotatable bonds is 3. The maximum atomic E-state index is 11.8. The molecule has 1 aliphatic heterocycles. The fourth-order valence-corrected chi connectivity index (χ4v) is 2.21. The van der Waals surface area contributed by atoms with Crippen LogP contribution < -0.4 is 14.9 Å². The van der Waals surface area contributed by atoms with E-state index in [4.69, 9.17) is 9.47 Å². The van der Waals surface area contributed by atoms with Crippen molar-refractivity contribution in [3.63, 3.8) is 0 Å². The second kappa shape index (κ2) is 5.57. The minimum atomic E-state index is -0.382. The van der Waals surface area contributed by atoms with Gasteiger partial charge in [0.25, 0.3) is 5.91 Å². The predicted octanol–water partition coefficient (Wildman–Crippen LogP) is 1.97. The zero-order valence-electron chi connectivity index (χ0n) is 11.0. The molecule has 0 saturated carbocycles. The number of nitrogens with zero attached hydrogens (tertiary/aromatic N) is 2. The van der Waals surface area contributed by atoms with E-state index in [0.29, 0.717) is 11.5 Å². The minimum Gasteiger partial charge on any atom is -0.454 e. The fraction of sp³-hybridized carbons (Fsp3) is 0.154. The van der Waals surface area contributed by atoms with E-state index in [1.807, 2.05) is 6.92 Å². The number of hydrazone groups is 1. The summed E-state index contributed by atoms with van der Waals surface area (Å²) in [7, 11) is 0. The van der Waals surface area contributed by atoms with Gasteiger partial charge in [0.05, 0.1) is 6.21 Å². The monoisotopic (exact) mass is 350 g/mol. The number of fused-ring (bicyclic) bond motifs is 1. The van der Waals surface area contributed by atoms with Crippen molar-refractivity contribution in [2.75, 3.05) is 6.79 Å². The number of aryl methyl sites for hydroxylation is 1. The molecule has 1 aromatic heterocycles. The molecule has 1 aliphatic rings. The van der Waals surface area contributed by atoms with Gasteiger partial charge in [0.15, 0.2) is 17.2 Å². The van der Waals surface area contributed by atoms with Gasteiger partial charge in [0.2, 0.25) is 6.79 Å². The molecule has 21 heavy (non-hydrogen) atoms. The van der Waals surface area contributed by atoms with Crippen LogP contribution in [-0.2, 0) is 0 Å². The van der Waals surface area contributed by atoms with Gasteiger partial charge in [0, 0.05) is 15.7 Å². The van der Waals surface area contributed by atoms with Gasteiger partial charge in [-0.15, -0.1) is 0 Å². The third kappa shape index (κ3) is 2.89. The Morgan fingerprint density at radius 1 is 1.43 bits per heavy atom. The first-order chi connectivity index (χ1) is 10.1. The SMILES string of the molecule is Cc1cc(C(=O)N/N=C/c2cc3c(cc2Br)OCO3)n[nH]1. The van der Waals surface area contributed by atoms with Gasteiger partial charge in [-0.25, -0.2) is 5.43 Å². The lowest BCUT2D eigenvalue weighted by Gasteiger charge is -2.01. The number of benzene rings is 1. The third-order valence-corrected chi connectivity index (χ3v) is 3.49. The topological polar surface area (TPSA) is 88.6 Å². The first kappa shape index (κ1) is 13.6. The van der Waals surface area contributed by atoms with Gasteiger partial charge in [-0.1, -0.05) is 0 Å². The molecule has 7 nitrogen and oxygen atoms in total. The van der Waals surface area contributed by atoms with Crippen LogP contribution in [0.15, 0.2) is 27.8 Å². The molecular weight excluding hydrogens is 340 g/mol. The van der Waals surface area contributed by atoms with Crippen molar-refractivity contribution in [1.29, 1.82) is 0 Å². The van der Waals surface area contributed by atoms with E-state index in [0.717, 1.165) is 15.7 Å². The maximum absolute atomic E-state index is 11.8. The Kier molecular flexibility index (Phi) is 3.61. The Bertz CT molecular complexity index is 726. The van der Waals surface area contributed by atoms with Crippen LogP contribution in [0, 0.1) is 6.92 Å². The highest BCUT2D eigenvalue weighted by molar-refractivity contribution is 9.10. The summed E-state index contributed by atoms with van der Waals surface area (Å²) < 4.78 is 11.3. The van der Waals surface area contributed by atoms with E-state index in [-0.39, 0.29) is 18.4 Å². The summed E-state index contributed by atoms with van der Waals surface area (Å²) in [5.41, 5.74) is 4.27. The Balaban J connectivity index is 1.70. The number of carbonyl (C=O) groups excluding carboxylic acids is 1. The molecule has 1 amide bonds. The highest BCUT2D eigenvalue weighted by Crippen LogP contribution is 2.36. The van der Waals surface area contributed by atoms with Crippen LogP contribution in [0.4, 0.5) is 0 Å². The molecule has 2 heterocycles. The number of H-pyrrole nitrogens is 1. The highest BCUT2D eigenvalue weighted by Gasteiger charge is 2.15. The molecule has 0 radical (unpaired) electrons. The van der Waals surface area contributed by atoms with Crippen molar-refractivity contribution < 1.29 is 14.3 Å². The summed E-state index contributed by atoms with van der Waals surface area (Å²) in [6, 6.07) is 5.21. The third-order valence-electron chi connectivity index (χ3n) is 2.80. The molecular formula is C13H11BrN4O3. The first-order valence-electron chi connectivity index (χ1n) is 6.08. The number of carbonyl (C=O) groups is 1. The molecule has 0 saturated heterocycles. The second-order valence-corrected chi connectivity index (χ2v) is 5.22. The van der Waals surface area contributed by atoms with Crippen LogP contribution in [0.25, 0.3) is 0 Å². The first-order valence-corrected chi connectivity index (χ1v) is 6.87. The fourth-order valence-electron chi connectivity index (χ4n) is 1.78. The Morgan fingerprint density at radius 2 is 2.19 bits per heavy atom. The lowest BCUT2D eigenvalue weighted by atomic mass is 10.2. The number of ether oxygens (including phenoxy) is 2. The Hall–Kier alpha value is -2.35. The van der Waals surface area contributed by atoms with Crippen molar-refractivity contribution in [1.82, 2.24) is 15.6 Å². The summed E-state index contributed by atoms with van der Waals surface area (Å²) in [6.45, 7) is 2.02. The molecule has 108 valence electrons. The van der Waals surface area contributed by atoms with Crippen molar-refractivity contribution in [3.8, 4) is 11.5 Å². The van der Waals surface area contributed by atoms with Crippen LogP contribution in [0.2, 0.25) is 0 Å². The molecule has 2 aromatic rings. The summed E-state index contributed by atoms with van der Waals surface area (Å²) >= 11 is 3.41. The van der Waals surface area contributed by atoms with Gasteiger partial charge in [-0.2, -0.15) is 10.2 Å². The smallest absolute Gasteiger partial charge is 0.291 e. The lowest BCUT2D eigenvalue weighted by Crippen LogP contribution is -2.18. The van der Waals surface area contributed by atoms with Gasteiger partial charge in [-0.05, 0) is 41.1 Å². The van der Waals surface area contributed by atoms with Gasteiger partial charge < -0.3 is 9.47 Å². The summed E-state index contributed by atoms with van der Waals surface area (Å²) in [5.74, 6) is 0.941. The molecule has 0 atom stereocenters. The Morgan fingerprint density at radius 3 is 2.90 bits per heavy atom. The second-order valence-electron chi connectivity index (χ2n) is 4.36. The normalized spacial score (nSPS) is 12.9. The van der Waals surface area contributed by atoms with Gasteiger partial charge >= 0.3 is 0 Å². The zero-order chi connectivity index (χ0) is 14.8. The van der Waals surface area contributed by atoms with Crippen LogP contribution in [-0.4, -0.2) is 29.1 Å². The van der Waals surface area contributed by atoms with Crippen LogP contribution in [0.3, 0.4) is 0 Å². The number of nitrogens with one attached hydrogen (secondary N) is 2. The van der Waals surface area contributed by atoms with E-state index < -0.39 is 0 Å². The number of hydrogen-bond acceptors (Lipinski definition) is 5. The molecule has 8 heteroatoms. The minimum absolute atomic E-state index is 0.206. The zero-order valence-corrected chi connectivity index (χ0v) is 12.6. The van der Waals surface area contributed by atoms with Crippen molar-refractivity contribution in [2.24, 2.45) is 5.10 Å². The largest absolute Gasteiger partial charge is 0.454 e. The van der Waals surface area contributed by atoms with E-state index in [2.05, 4.69) is 36.7 Å². The number of aromatic nitrogens is 2. The van der Waals surface area contributed by atoms with Crippen molar-refractivity contribution >= 4 is 28.1 Å². The molecule has 0 unspecified atom stereocenters. The van der Waals surface area contributed by atoms with E-state index >= 15 is 0 Å². The Labute approximate surface area is 128 Å². The van der Waals surface area contributed by atoms with Crippen LogP contribution in [0.5, 0.6) is 11.5 Å². The number of halogens is 1. The van der Waals surface area contributed by atoms with Crippen molar-refractivity contribution in [2.45, 2.75) is 6.92 Å². The maximum Gasteiger partial charge on any atom is 0.291 e. The standard InChI is InChI=1S/C13H11BrN4O3/c1-7-2-10(17-16-7)13(19)18-15-5-8-3-11-12(4-9(8)14)21-6-20-11/h2-5H,6H2,1H3,(H,16,17)(H,18,19)/b15-5+. The highest BCUT2D eigenvalue weighted by atomic mass is 79.9. The number of aromatic amines is 1. The molecule has 1 aromatic carbocycles. The molecule has 2 N–H and O–H groups in total. The predicted molar refractivity (Wildman–Crippen MR) is 78.6 cm³/mol. The molecule has 3 rings (SSSR count). The summed E-state index contributed by atoms with van der Waals surface area (Å²) in [4.78, 5) is 11.8. The summed E-state index contributed by atoms with van der Waals surface area (Å²) in [6.07, 6.45) is 1.52.